The number of rotatable bonds is 6. The van der Waals surface area contributed by atoms with Crippen LogP contribution < -0.4 is 10.0 Å². The summed E-state index contributed by atoms with van der Waals surface area (Å²) < 4.78 is 29.9. The number of nitrogens with one attached hydrogen (secondary N) is 2. The molecule has 118 valence electrons. The van der Waals surface area contributed by atoms with Gasteiger partial charge in [-0.05, 0) is 12.5 Å². The van der Waals surface area contributed by atoms with E-state index < -0.39 is 22.2 Å². The fourth-order valence-electron chi connectivity index (χ4n) is 2.23. The Kier molecular flexibility index (Phi) is 5.34. The molecule has 7 heteroatoms. The van der Waals surface area contributed by atoms with Gasteiger partial charge in [0.25, 0.3) is 0 Å². The van der Waals surface area contributed by atoms with Gasteiger partial charge in [-0.3, -0.25) is 0 Å². The van der Waals surface area contributed by atoms with E-state index >= 15 is 0 Å². The fraction of sp³-hybridized carbons (Fsp3) is 0.571. The summed E-state index contributed by atoms with van der Waals surface area (Å²) in [6, 6.07) is 7.95. The van der Waals surface area contributed by atoms with Gasteiger partial charge in [-0.25, -0.2) is 13.1 Å². The van der Waals surface area contributed by atoms with Crippen LogP contribution in [0.25, 0.3) is 0 Å². The van der Waals surface area contributed by atoms with Crippen LogP contribution in [0, 0.1) is 6.92 Å². The van der Waals surface area contributed by atoms with Crippen molar-refractivity contribution in [2.45, 2.75) is 31.7 Å². The Bertz CT molecular complexity index is 559. The van der Waals surface area contributed by atoms with Crippen molar-refractivity contribution in [3.05, 3.63) is 35.4 Å². The Morgan fingerprint density at radius 1 is 1.33 bits per heavy atom. The summed E-state index contributed by atoms with van der Waals surface area (Å²) in [5.41, 5.74) is 2.33. The Morgan fingerprint density at radius 3 is 2.62 bits per heavy atom. The lowest BCUT2D eigenvalue weighted by atomic mass is 10.1. The van der Waals surface area contributed by atoms with Crippen LogP contribution in [0.1, 0.15) is 11.1 Å². The monoisotopic (exact) mass is 314 g/mol. The molecule has 0 aromatic heterocycles. The third kappa shape index (κ3) is 5.05. The minimum atomic E-state index is -3.27. The summed E-state index contributed by atoms with van der Waals surface area (Å²) in [5.74, 6) is 0. The second-order valence-electron chi connectivity index (χ2n) is 5.46. The standard InChI is InChI=1S/C14H22N2O4S/c1-10-3-5-11(6-4-10)7-15-12-9-20-13(14(12)17)8-16-21(2,18)19/h3-6,12-17H,7-9H2,1-2H3/t12-,13-,14+/m1/s1. The molecule has 3 N–H and O–H groups in total. The highest BCUT2D eigenvalue weighted by Crippen LogP contribution is 2.15. The van der Waals surface area contributed by atoms with Crippen molar-refractivity contribution in [2.24, 2.45) is 0 Å². The van der Waals surface area contributed by atoms with E-state index in [-0.39, 0.29) is 12.6 Å². The normalized spacial score (nSPS) is 26.1. The quantitative estimate of drug-likeness (QED) is 0.675. The highest BCUT2D eigenvalue weighted by Gasteiger charge is 2.35. The van der Waals surface area contributed by atoms with E-state index in [1.807, 2.05) is 31.2 Å². The molecule has 0 bridgehead atoms. The van der Waals surface area contributed by atoms with Gasteiger partial charge in [0.15, 0.2) is 0 Å². The van der Waals surface area contributed by atoms with E-state index in [2.05, 4.69) is 10.0 Å². The first-order chi connectivity index (χ1) is 9.85. The second-order valence-corrected chi connectivity index (χ2v) is 7.29. The molecule has 1 heterocycles. The first-order valence-electron chi connectivity index (χ1n) is 6.88. The number of aryl methyl sites for hydroxylation is 1. The number of ether oxygens (including phenoxy) is 1. The van der Waals surface area contributed by atoms with Gasteiger partial charge >= 0.3 is 0 Å². The molecule has 2 rings (SSSR count). The lowest BCUT2D eigenvalue weighted by Crippen LogP contribution is -2.44. The van der Waals surface area contributed by atoms with E-state index in [1.54, 1.807) is 0 Å². The molecule has 0 aliphatic carbocycles. The predicted octanol–water partition coefficient (Wildman–Crippen LogP) is -0.238. The number of aliphatic hydroxyl groups excluding tert-OH is 1. The number of hydrogen-bond acceptors (Lipinski definition) is 5. The first-order valence-corrected chi connectivity index (χ1v) is 8.77. The predicted molar refractivity (Wildman–Crippen MR) is 80.4 cm³/mol. The van der Waals surface area contributed by atoms with Crippen molar-refractivity contribution in [1.82, 2.24) is 10.0 Å². The van der Waals surface area contributed by atoms with Crippen molar-refractivity contribution in [3.63, 3.8) is 0 Å². The van der Waals surface area contributed by atoms with Crippen LogP contribution in [0.5, 0.6) is 0 Å². The van der Waals surface area contributed by atoms with E-state index in [0.717, 1.165) is 11.8 Å². The van der Waals surface area contributed by atoms with Gasteiger partial charge in [-0.2, -0.15) is 0 Å². The average Bonchev–Trinajstić information content (AvgIpc) is 2.76. The van der Waals surface area contributed by atoms with Crippen LogP contribution in [0.4, 0.5) is 0 Å². The summed E-state index contributed by atoms with van der Waals surface area (Å²) in [5, 5.41) is 13.4. The molecule has 1 saturated heterocycles. The molecule has 21 heavy (non-hydrogen) atoms. The van der Waals surface area contributed by atoms with Crippen molar-refractivity contribution in [3.8, 4) is 0 Å². The summed E-state index contributed by atoms with van der Waals surface area (Å²) in [7, 11) is -3.27. The van der Waals surface area contributed by atoms with Gasteiger partial charge in [-0.1, -0.05) is 29.8 Å². The maximum Gasteiger partial charge on any atom is 0.208 e. The van der Waals surface area contributed by atoms with E-state index in [4.69, 9.17) is 4.74 Å². The zero-order chi connectivity index (χ0) is 15.5. The average molecular weight is 314 g/mol. The van der Waals surface area contributed by atoms with Crippen molar-refractivity contribution in [2.75, 3.05) is 19.4 Å². The van der Waals surface area contributed by atoms with E-state index in [9.17, 15) is 13.5 Å². The largest absolute Gasteiger partial charge is 0.389 e. The topological polar surface area (TPSA) is 87.7 Å². The highest BCUT2D eigenvalue weighted by atomic mass is 32.2. The molecular weight excluding hydrogens is 292 g/mol. The molecule has 3 atom stereocenters. The maximum absolute atomic E-state index is 11.1. The Labute approximate surface area is 125 Å². The van der Waals surface area contributed by atoms with Crippen LogP contribution >= 0.6 is 0 Å². The summed E-state index contributed by atoms with van der Waals surface area (Å²) >= 11 is 0. The van der Waals surface area contributed by atoms with Gasteiger partial charge in [0.05, 0.1) is 31.1 Å². The number of aliphatic hydroxyl groups is 1. The van der Waals surface area contributed by atoms with Crippen molar-refractivity contribution < 1.29 is 18.3 Å². The molecule has 1 fully saturated rings. The zero-order valence-electron chi connectivity index (χ0n) is 12.2. The molecule has 0 spiro atoms. The lowest BCUT2D eigenvalue weighted by Gasteiger charge is -2.18. The number of benzene rings is 1. The maximum atomic E-state index is 11.1. The van der Waals surface area contributed by atoms with Gasteiger partial charge in [0, 0.05) is 13.1 Å². The van der Waals surface area contributed by atoms with Gasteiger partial charge in [0.2, 0.25) is 10.0 Å². The van der Waals surface area contributed by atoms with Crippen LogP contribution in [0.15, 0.2) is 24.3 Å². The molecule has 0 saturated carbocycles. The van der Waals surface area contributed by atoms with Gasteiger partial charge < -0.3 is 15.2 Å². The summed E-state index contributed by atoms with van der Waals surface area (Å²) in [4.78, 5) is 0. The smallest absolute Gasteiger partial charge is 0.208 e. The second kappa shape index (κ2) is 6.85. The minimum absolute atomic E-state index is 0.0860. The minimum Gasteiger partial charge on any atom is -0.389 e. The van der Waals surface area contributed by atoms with Crippen LogP contribution in [0.3, 0.4) is 0 Å². The number of hydrogen-bond donors (Lipinski definition) is 3. The molecule has 0 radical (unpaired) electrons. The van der Waals surface area contributed by atoms with Crippen LogP contribution in [-0.4, -0.2) is 51.2 Å². The third-order valence-corrected chi connectivity index (χ3v) is 4.21. The fourth-order valence-corrected chi connectivity index (χ4v) is 2.70. The zero-order valence-corrected chi connectivity index (χ0v) is 13.1. The van der Waals surface area contributed by atoms with Crippen molar-refractivity contribution in [1.29, 1.82) is 0 Å². The first kappa shape index (κ1) is 16.4. The summed E-state index contributed by atoms with van der Waals surface area (Å²) in [6.07, 6.45) is -0.165. The van der Waals surface area contributed by atoms with E-state index in [0.29, 0.717) is 13.2 Å². The Balaban J connectivity index is 1.81. The van der Waals surface area contributed by atoms with Crippen LogP contribution in [-0.2, 0) is 21.3 Å². The molecule has 6 nitrogen and oxygen atoms in total. The lowest BCUT2D eigenvalue weighted by molar-refractivity contribution is 0.0444. The van der Waals surface area contributed by atoms with Crippen LogP contribution in [0.2, 0.25) is 0 Å². The molecule has 1 aromatic carbocycles. The van der Waals surface area contributed by atoms with E-state index in [1.165, 1.54) is 5.56 Å². The van der Waals surface area contributed by atoms with Gasteiger partial charge in [-0.15, -0.1) is 0 Å². The Hall–Kier alpha value is -0.990. The molecule has 1 aliphatic rings. The molecule has 0 amide bonds. The molecule has 0 unspecified atom stereocenters. The van der Waals surface area contributed by atoms with Gasteiger partial charge in [0.1, 0.15) is 0 Å². The SMILES string of the molecule is Cc1ccc(CN[C@@H]2CO[C@H](CNS(C)(=O)=O)[C@H]2O)cc1. The molecule has 1 aliphatic heterocycles. The number of sulfonamides is 1. The molecular formula is C14H22N2O4S. The van der Waals surface area contributed by atoms with Crippen molar-refractivity contribution >= 4 is 10.0 Å². The highest BCUT2D eigenvalue weighted by molar-refractivity contribution is 7.88. The third-order valence-electron chi connectivity index (χ3n) is 3.52. The molecule has 1 aromatic rings. The summed E-state index contributed by atoms with van der Waals surface area (Å²) in [6.45, 7) is 3.12. The Morgan fingerprint density at radius 2 is 2.00 bits per heavy atom.